The fraction of sp³-hybridized carbons (Fsp3) is 0.111. The van der Waals surface area contributed by atoms with E-state index in [0.29, 0.717) is 5.02 Å². The van der Waals surface area contributed by atoms with Gasteiger partial charge in [-0.3, -0.25) is 0 Å². The average molecular weight is 198 g/mol. The van der Waals surface area contributed by atoms with Crippen LogP contribution in [-0.4, -0.2) is 11.1 Å². The van der Waals surface area contributed by atoms with Crippen LogP contribution in [0.4, 0.5) is 0 Å². The van der Waals surface area contributed by atoms with Crippen molar-refractivity contribution in [2.45, 2.75) is 6.92 Å². The lowest BCUT2D eigenvalue weighted by molar-refractivity contribution is 0.0697. The lowest BCUT2D eigenvalue weighted by Crippen LogP contribution is -1.94. The van der Waals surface area contributed by atoms with Crippen LogP contribution in [0.1, 0.15) is 17.3 Å². The van der Waals surface area contributed by atoms with Crippen molar-refractivity contribution < 1.29 is 9.90 Å². The van der Waals surface area contributed by atoms with Crippen LogP contribution in [0.2, 0.25) is 5.02 Å². The van der Waals surface area contributed by atoms with E-state index in [4.69, 9.17) is 22.0 Å². The quantitative estimate of drug-likeness (QED) is 0.753. The van der Waals surface area contributed by atoms with Gasteiger partial charge in [0.25, 0.3) is 0 Å². The number of nitrogens with zero attached hydrogens (tertiary/aromatic N) is 1. The van der Waals surface area contributed by atoms with E-state index in [1.165, 1.54) is 19.1 Å². The standard InChI is InChI=1S/C7H5ClO2.C2H3N/c8-6-3-1-2-5(4-6)7(9)10;1-2-3/h1-4H,(H,9,10);1H3. The van der Waals surface area contributed by atoms with Crippen LogP contribution in [-0.2, 0) is 0 Å². The molecule has 0 aliphatic rings. The molecule has 1 aromatic rings. The van der Waals surface area contributed by atoms with Crippen LogP contribution in [0, 0.1) is 11.3 Å². The lowest BCUT2D eigenvalue weighted by atomic mass is 10.2. The molecule has 0 unspecified atom stereocenters. The van der Waals surface area contributed by atoms with Crippen molar-refractivity contribution in [2.24, 2.45) is 0 Å². The highest BCUT2D eigenvalue weighted by molar-refractivity contribution is 6.30. The molecule has 0 saturated carbocycles. The van der Waals surface area contributed by atoms with Gasteiger partial charge in [-0.15, -0.1) is 0 Å². The molecule has 1 N–H and O–H groups in total. The average Bonchev–Trinajstić information content (AvgIpc) is 2.05. The van der Waals surface area contributed by atoms with E-state index >= 15 is 0 Å². The molecule has 0 spiro atoms. The number of benzene rings is 1. The van der Waals surface area contributed by atoms with E-state index in [-0.39, 0.29) is 5.56 Å². The Balaban J connectivity index is 0.000000424. The molecule has 0 radical (unpaired) electrons. The number of halogens is 1. The largest absolute Gasteiger partial charge is 0.478 e. The van der Waals surface area contributed by atoms with Gasteiger partial charge in [0.2, 0.25) is 0 Å². The molecule has 0 atom stereocenters. The Kier molecular flexibility index (Phi) is 5.33. The maximum atomic E-state index is 10.3. The van der Waals surface area contributed by atoms with Crippen molar-refractivity contribution in [1.29, 1.82) is 5.26 Å². The molecule has 0 aromatic heterocycles. The number of nitriles is 1. The maximum absolute atomic E-state index is 10.3. The van der Waals surface area contributed by atoms with Crippen LogP contribution in [0.3, 0.4) is 0 Å². The van der Waals surface area contributed by atoms with Gasteiger partial charge in [0.1, 0.15) is 0 Å². The van der Waals surface area contributed by atoms with Gasteiger partial charge in [-0.05, 0) is 18.2 Å². The van der Waals surface area contributed by atoms with E-state index in [1.807, 2.05) is 0 Å². The van der Waals surface area contributed by atoms with Crippen molar-refractivity contribution in [3.8, 4) is 6.07 Å². The van der Waals surface area contributed by atoms with Crippen LogP contribution in [0.15, 0.2) is 24.3 Å². The van der Waals surface area contributed by atoms with Crippen molar-refractivity contribution >= 4 is 17.6 Å². The monoisotopic (exact) mass is 197 g/mol. The topological polar surface area (TPSA) is 61.1 Å². The number of rotatable bonds is 1. The zero-order valence-corrected chi connectivity index (χ0v) is 7.75. The molecule has 0 amide bonds. The number of aromatic carboxylic acids is 1. The zero-order valence-electron chi connectivity index (χ0n) is 6.99. The van der Waals surface area contributed by atoms with Crippen LogP contribution in [0.5, 0.6) is 0 Å². The molecule has 3 nitrogen and oxygen atoms in total. The first-order chi connectivity index (χ1) is 6.11. The summed E-state index contributed by atoms with van der Waals surface area (Å²) >= 11 is 5.53. The summed E-state index contributed by atoms with van der Waals surface area (Å²) in [6.45, 7) is 1.43. The molecular weight excluding hydrogens is 190 g/mol. The predicted molar refractivity (Wildman–Crippen MR) is 49.7 cm³/mol. The fourth-order valence-corrected chi connectivity index (χ4v) is 0.812. The first-order valence-electron chi connectivity index (χ1n) is 3.41. The molecule has 0 aliphatic carbocycles. The molecule has 1 rings (SSSR count). The highest BCUT2D eigenvalue weighted by Crippen LogP contribution is 2.09. The van der Waals surface area contributed by atoms with E-state index < -0.39 is 5.97 Å². The molecule has 0 fully saturated rings. The summed E-state index contributed by atoms with van der Waals surface area (Å²) in [6, 6.07) is 7.89. The van der Waals surface area contributed by atoms with E-state index in [1.54, 1.807) is 18.2 Å². The summed E-state index contributed by atoms with van der Waals surface area (Å²) in [6.07, 6.45) is 0. The van der Waals surface area contributed by atoms with Crippen molar-refractivity contribution in [3.63, 3.8) is 0 Å². The molecule has 4 heteroatoms. The third-order valence-electron chi connectivity index (χ3n) is 1.07. The number of carboxylic acid groups (broad SMARTS) is 1. The zero-order chi connectivity index (χ0) is 10.3. The van der Waals surface area contributed by atoms with Crippen molar-refractivity contribution in [1.82, 2.24) is 0 Å². The Morgan fingerprint density at radius 1 is 1.62 bits per heavy atom. The highest BCUT2D eigenvalue weighted by Gasteiger charge is 2.00. The molecule has 0 heterocycles. The van der Waals surface area contributed by atoms with Gasteiger partial charge in [-0.25, -0.2) is 4.79 Å². The second-order valence-corrected chi connectivity index (χ2v) is 2.48. The third kappa shape index (κ3) is 4.83. The summed E-state index contributed by atoms with van der Waals surface area (Å²) in [5.74, 6) is -0.956. The first kappa shape index (κ1) is 11.5. The Morgan fingerprint density at radius 3 is 2.46 bits per heavy atom. The molecular formula is C9H8ClNO2. The minimum absolute atomic E-state index is 0.215. The smallest absolute Gasteiger partial charge is 0.335 e. The summed E-state index contributed by atoms with van der Waals surface area (Å²) in [7, 11) is 0. The molecule has 13 heavy (non-hydrogen) atoms. The predicted octanol–water partition coefficient (Wildman–Crippen LogP) is 2.57. The highest BCUT2D eigenvalue weighted by atomic mass is 35.5. The van der Waals surface area contributed by atoms with E-state index in [9.17, 15) is 4.79 Å². The van der Waals surface area contributed by atoms with Crippen molar-refractivity contribution in [3.05, 3.63) is 34.9 Å². The van der Waals surface area contributed by atoms with E-state index in [2.05, 4.69) is 0 Å². The fourth-order valence-electron chi connectivity index (χ4n) is 0.622. The Hall–Kier alpha value is -1.53. The third-order valence-corrected chi connectivity index (χ3v) is 1.31. The molecule has 0 aliphatic heterocycles. The first-order valence-corrected chi connectivity index (χ1v) is 3.79. The lowest BCUT2D eigenvalue weighted by Gasteiger charge is -1.92. The van der Waals surface area contributed by atoms with Crippen LogP contribution < -0.4 is 0 Å². The number of hydrogen-bond donors (Lipinski definition) is 1. The molecule has 68 valence electrons. The Labute approximate surface area is 81.2 Å². The second kappa shape index (κ2) is 6.04. The summed E-state index contributed by atoms with van der Waals surface area (Å²) in [4.78, 5) is 10.3. The Bertz CT molecular complexity index is 331. The molecule has 0 bridgehead atoms. The van der Waals surface area contributed by atoms with Gasteiger partial charge in [0, 0.05) is 11.9 Å². The van der Waals surface area contributed by atoms with Gasteiger partial charge in [-0.1, -0.05) is 17.7 Å². The van der Waals surface area contributed by atoms with Gasteiger partial charge < -0.3 is 5.11 Å². The van der Waals surface area contributed by atoms with Gasteiger partial charge in [0.05, 0.1) is 11.6 Å². The van der Waals surface area contributed by atoms with Gasteiger partial charge in [0.15, 0.2) is 0 Å². The number of carbonyl (C=O) groups is 1. The summed E-state index contributed by atoms with van der Waals surface area (Å²) in [5.41, 5.74) is 0.215. The van der Waals surface area contributed by atoms with Gasteiger partial charge in [-0.2, -0.15) is 5.26 Å². The Morgan fingerprint density at radius 2 is 2.15 bits per heavy atom. The minimum Gasteiger partial charge on any atom is -0.478 e. The van der Waals surface area contributed by atoms with Crippen LogP contribution >= 0.6 is 11.6 Å². The SMILES string of the molecule is CC#N.O=C(O)c1cccc(Cl)c1. The second-order valence-electron chi connectivity index (χ2n) is 2.04. The summed E-state index contributed by atoms with van der Waals surface area (Å²) < 4.78 is 0. The molecule has 1 aromatic carbocycles. The minimum atomic E-state index is -0.956. The molecule has 0 saturated heterocycles. The number of carboxylic acids is 1. The van der Waals surface area contributed by atoms with E-state index in [0.717, 1.165) is 0 Å². The van der Waals surface area contributed by atoms with Crippen LogP contribution in [0.25, 0.3) is 0 Å². The van der Waals surface area contributed by atoms with Crippen molar-refractivity contribution in [2.75, 3.05) is 0 Å². The number of hydrogen-bond acceptors (Lipinski definition) is 2. The van der Waals surface area contributed by atoms with Gasteiger partial charge >= 0.3 is 5.97 Å². The maximum Gasteiger partial charge on any atom is 0.335 e. The summed E-state index contributed by atoms with van der Waals surface area (Å²) in [5, 5.41) is 16.2. The normalized spacial score (nSPS) is 7.77.